The highest BCUT2D eigenvalue weighted by atomic mass is 32.2. The van der Waals surface area contributed by atoms with Gasteiger partial charge in [0.25, 0.3) is 0 Å². The highest BCUT2D eigenvalue weighted by molar-refractivity contribution is 7.92. The third-order valence-corrected chi connectivity index (χ3v) is 26.2. The summed E-state index contributed by atoms with van der Waals surface area (Å²) in [5.74, 6) is 4.68. The zero-order chi connectivity index (χ0) is 87.8. The van der Waals surface area contributed by atoms with Gasteiger partial charge in [0.15, 0.2) is 23.3 Å². The SMILES string of the molecule is C.C.C.Cc1ccc(S(=O)(=O)c2ccc(Oc3ccc(Cc4ccc(Oc5ccc(S(=O)(=O)c6ccc(-n7c(-c8cccc(-c9nc%10ccccc%10n9C)n8)nc8ccccc87)cc6)cc5)cc4)cc3)cc2)cc1.O=S(=O)(c1ccc(F)cc1)c1ccc(F)cc1.Oc1ccc(Cc2ccc(O)cc2)cc1.c1cc(-c2nc3ccccc3[nH]2)nc(-c2nc3ccccc3[nH]2)c1. The van der Waals surface area contributed by atoms with Gasteiger partial charge in [0.1, 0.15) is 68.9 Å². The van der Waals surface area contributed by atoms with Crippen molar-refractivity contribution in [3.63, 3.8) is 0 Å². The number of aromatic hydroxyl groups is 2. The number of ether oxygens (including phenoxy) is 2. The number of fused-ring (bicyclic) bond motifs is 4. The summed E-state index contributed by atoms with van der Waals surface area (Å²) in [4.78, 5) is 36.1. The normalized spacial score (nSPS) is 11.2. The zero-order valence-corrected chi connectivity index (χ0v) is 70.4. The number of imidazole rings is 4. The van der Waals surface area contributed by atoms with Gasteiger partial charge in [-0.05, 0) is 297 Å². The first-order chi connectivity index (χ1) is 61.6. The lowest BCUT2D eigenvalue weighted by Crippen LogP contribution is -2.04. The van der Waals surface area contributed by atoms with Crippen LogP contribution < -0.4 is 9.47 Å². The van der Waals surface area contributed by atoms with Gasteiger partial charge in [-0.15, -0.1) is 0 Å². The molecule has 0 radical (unpaired) electrons. The van der Waals surface area contributed by atoms with E-state index < -0.39 is 41.1 Å². The Bertz CT molecular complexity index is 7450. The van der Waals surface area contributed by atoms with Crippen molar-refractivity contribution in [2.45, 2.75) is 71.4 Å². The van der Waals surface area contributed by atoms with E-state index in [1.807, 2.05) is 229 Å². The minimum absolute atomic E-state index is 0. The van der Waals surface area contributed by atoms with Crippen molar-refractivity contribution >= 4 is 73.6 Å². The third kappa shape index (κ3) is 20.5. The predicted octanol–water partition coefficient (Wildman–Crippen LogP) is 24.4. The summed E-state index contributed by atoms with van der Waals surface area (Å²) in [5.41, 5.74) is 16.5. The maximum Gasteiger partial charge on any atom is 0.206 e. The second-order valence-electron chi connectivity index (χ2n) is 29.6. The molecule has 25 heteroatoms. The van der Waals surface area contributed by atoms with Crippen LogP contribution in [0.3, 0.4) is 0 Å². The second kappa shape index (κ2) is 39.4. The van der Waals surface area contributed by atoms with Crippen molar-refractivity contribution in [1.29, 1.82) is 0 Å². The predicted molar refractivity (Wildman–Crippen MR) is 507 cm³/mol. The number of phenols is 2. The minimum atomic E-state index is -3.87. The molecule has 4 N–H and O–H groups in total. The Labute approximate surface area is 751 Å². The molecule has 0 saturated heterocycles. The molecule has 0 aliphatic rings. The minimum Gasteiger partial charge on any atom is -0.508 e. The van der Waals surface area contributed by atoms with Crippen LogP contribution in [0.15, 0.2) is 405 Å². The van der Waals surface area contributed by atoms with E-state index >= 15 is 0 Å². The van der Waals surface area contributed by atoms with Crippen molar-refractivity contribution in [2.75, 3.05) is 0 Å². The van der Waals surface area contributed by atoms with E-state index in [9.17, 15) is 34.0 Å². The summed E-state index contributed by atoms with van der Waals surface area (Å²) >= 11 is 0. The van der Waals surface area contributed by atoms with Gasteiger partial charge in [-0.3, -0.25) is 4.57 Å². The number of nitrogens with zero attached hydrogens (tertiary/aromatic N) is 8. The van der Waals surface area contributed by atoms with Gasteiger partial charge in [0.2, 0.25) is 29.5 Å². The highest BCUT2D eigenvalue weighted by Gasteiger charge is 2.24. The molecule has 650 valence electrons. The number of nitrogens with one attached hydrogen (secondary N) is 2. The summed E-state index contributed by atoms with van der Waals surface area (Å²) in [6.07, 6.45) is 1.48. The average Bonchev–Trinajstić information content (AvgIpc) is 1.66. The first kappa shape index (κ1) is 90.4. The van der Waals surface area contributed by atoms with Crippen LogP contribution in [-0.4, -0.2) is 84.5 Å². The fraction of sp³-hybridized carbons (Fsp3) is 0.0667. The molecule has 0 aliphatic carbocycles. The van der Waals surface area contributed by atoms with E-state index in [1.165, 1.54) is 24.3 Å². The number of hydrogen-bond donors (Lipinski definition) is 4. The van der Waals surface area contributed by atoms with Gasteiger partial charge in [0.05, 0.1) is 73.5 Å². The second-order valence-corrected chi connectivity index (χ2v) is 35.5. The molecule has 6 aromatic heterocycles. The number of aromatic nitrogens is 10. The zero-order valence-electron chi connectivity index (χ0n) is 67.9. The van der Waals surface area contributed by atoms with Gasteiger partial charge in [-0.2, -0.15) is 0 Å². The lowest BCUT2D eigenvalue weighted by atomic mass is 10.0. The quantitative estimate of drug-likeness (QED) is 0.0548. The van der Waals surface area contributed by atoms with Crippen LogP contribution in [0.1, 0.15) is 50.1 Å². The average molecular weight is 1780 g/mol. The number of H-pyrrole nitrogens is 2. The van der Waals surface area contributed by atoms with Crippen molar-refractivity contribution in [3.8, 4) is 86.3 Å². The van der Waals surface area contributed by atoms with Gasteiger partial charge in [0, 0.05) is 12.7 Å². The number of hydrogen-bond acceptors (Lipinski definition) is 16. The maximum absolute atomic E-state index is 13.9. The Morgan fingerprint density at radius 1 is 0.308 bits per heavy atom. The van der Waals surface area contributed by atoms with Gasteiger partial charge < -0.3 is 34.2 Å². The standard InChI is InChI=1S/C58H43N5O6S2.C19H13N5.C13H12O2.C12H8F2O2S.3CH4/c1-39-14-30-47(31-15-39)70(64,65)49-34-26-45(27-35-49)68-43-22-16-40(17-23-43)38-41-18-24-44(25-19-41)69-46-28-36-50(37-29-46)71(66,67)48-32-20-42(21-33-48)63-56-13-6-4-9-52(56)61-58(63)54-11-7-10-53(59-54)57-60-51-8-3-5-12-55(51)62(57)2;1-2-7-13-12(6-1)21-18(22-13)16-10-5-11-17(20-16)19-23-14-8-3-4-9-15(14)24-19;14-12-5-1-10(2-6-12)9-11-3-7-13(15)8-4-11;13-9-1-5-11(6-2-9)17(15,16)12-7-3-10(14)4-8-12;;;/h3-37H,38H2,1-2H3;1-11H,(H,21,22)(H,23,24);1-8,14-15H,9H2;1-8H;3*1H4. The van der Waals surface area contributed by atoms with Gasteiger partial charge in [-0.1, -0.05) is 149 Å². The van der Waals surface area contributed by atoms with Crippen molar-refractivity contribution < 1.29 is 53.7 Å². The first-order valence-electron chi connectivity index (χ1n) is 40.0. The topological polar surface area (TPSA) is 280 Å². The van der Waals surface area contributed by atoms with Crippen LogP contribution in [0.25, 0.3) is 95.9 Å². The monoisotopic (exact) mass is 1780 g/mol. The molecule has 0 amide bonds. The molecule has 0 aliphatic heterocycles. The van der Waals surface area contributed by atoms with Crippen LogP contribution in [0.4, 0.5) is 8.78 Å². The van der Waals surface area contributed by atoms with Crippen LogP contribution in [0.2, 0.25) is 0 Å². The highest BCUT2D eigenvalue weighted by Crippen LogP contribution is 2.36. The van der Waals surface area contributed by atoms with Crippen molar-refractivity contribution in [1.82, 2.24) is 49.0 Å². The number of benzene rings is 14. The van der Waals surface area contributed by atoms with Crippen molar-refractivity contribution in [3.05, 3.63) is 416 Å². The maximum atomic E-state index is 13.9. The van der Waals surface area contributed by atoms with Crippen molar-refractivity contribution in [2.24, 2.45) is 7.05 Å². The van der Waals surface area contributed by atoms with Crippen LogP contribution in [-0.2, 0) is 49.4 Å². The molecule has 0 bridgehead atoms. The van der Waals surface area contributed by atoms with Crippen LogP contribution in [0.5, 0.6) is 34.5 Å². The Morgan fingerprint density at radius 3 is 1.00 bits per heavy atom. The van der Waals surface area contributed by atoms with E-state index in [2.05, 4.69) is 19.9 Å². The Hall–Kier alpha value is -15.8. The molecule has 0 spiro atoms. The third-order valence-electron chi connectivity index (χ3n) is 20.8. The number of aromatic amines is 2. The molecular weight excluding hydrogens is 1700 g/mol. The van der Waals surface area contributed by atoms with Gasteiger partial charge >= 0.3 is 0 Å². The number of halogens is 2. The number of aryl methyl sites for hydroxylation is 2. The fourth-order valence-electron chi connectivity index (χ4n) is 14.2. The smallest absolute Gasteiger partial charge is 0.206 e. The number of para-hydroxylation sites is 8. The fourth-order valence-corrected chi connectivity index (χ4v) is 18.0. The molecule has 0 fully saturated rings. The first-order valence-corrected chi connectivity index (χ1v) is 44.5. The summed E-state index contributed by atoms with van der Waals surface area (Å²) in [7, 11) is -9.23. The lowest BCUT2D eigenvalue weighted by molar-refractivity contribution is 0.475. The molecule has 0 saturated carbocycles. The largest absolute Gasteiger partial charge is 0.508 e. The molecule has 6 heterocycles. The van der Waals surface area contributed by atoms with E-state index in [0.717, 1.165) is 137 Å². The molecule has 130 heavy (non-hydrogen) atoms. The Balaban J connectivity index is 0.000000185. The summed E-state index contributed by atoms with van der Waals surface area (Å²) in [6, 6.07) is 109. The summed E-state index contributed by atoms with van der Waals surface area (Å²) < 4.78 is 120. The molecule has 20 nitrogen and oxygen atoms in total. The molecule has 14 aromatic carbocycles. The summed E-state index contributed by atoms with van der Waals surface area (Å²) in [5, 5.41) is 18.3. The molecule has 0 unspecified atom stereocenters. The van der Waals surface area contributed by atoms with E-state index in [0.29, 0.717) is 46.6 Å². The Morgan fingerprint density at radius 2 is 0.608 bits per heavy atom. The van der Waals surface area contributed by atoms with E-state index in [4.69, 9.17) is 39.6 Å². The number of rotatable bonds is 19. The Kier molecular flexibility index (Phi) is 27.4. The van der Waals surface area contributed by atoms with E-state index in [-0.39, 0.29) is 63.2 Å². The molecule has 0 atom stereocenters. The number of sulfone groups is 3. The van der Waals surface area contributed by atoms with E-state index in [1.54, 1.807) is 121 Å². The van der Waals surface area contributed by atoms with Crippen LogP contribution in [0, 0.1) is 18.6 Å². The molecular formula is C105H88F2N10O10S3. The number of pyridine rings is 2. The van der Waals surface area contributed by atoms with Crippen LogP contribution >= 0.6 is 0 Å². The molecule has 20 aromatic rings. The number of phenolic OH excluding ortho intramolecular Hbond substituents is 2. The van der Waals surface area contributed by atoms with Gasteiger partial charge in [-0.25, -0.2) is 63.9 Å². The summed E-state index contributed by atoms with van der Waals surface area (Å²) in [6.45, 7) is 1.91. The molecule has 20 rings (SSSR count). The lowest BCUT2D eigenvalue weighted by Gasteiger charge is -2.12.